The number of oxazole rings is 1. The first-order chi connectivity index (χ1) is 8.72. The summed E-state index contributed by atoms with van der Waals surface area (Å²) in [6.07, 6.45) is 5.03. The van der Waals surface area contributed by atoms with Crippen LogP contribution < -0.4 is 10.1 Å². The van der Waals surface area contributed by atoms with Crippen molar-refractivity contribution in [3.05, 3.63) is 41.4 Å². The number of ether oxygens (including phenoxy) is 1. The Morgan fingerprint density at radius 3 is 2.78 bits per heavy atom. The predicted octanol–water partition coefficient (Wildman–Crippen LogP) is 1.98. The third kappa shape index (κ3) is 2.68. The fourth-order valence-corrected chi connectivity index (χ4v) is 1.74. The zero-order valence-electron chi connectivity index (χ0n) is 10.9. The minimum Gasteiger partial charge on any atom is -0.495 e. The SMILES string of the molecule is COc1cncc(CNCc2ncoc2C)c1C. The molecule has 0 bridgehead atoms. The van der Waals surface area contributed by atoms with E-state index in [2.05, 4.69) is 15.3 Å². The number of aryl methyl sites for hydroxylation is 1. The maximum atomic E-state index is 5.24. The second kappa shape index (κ2) is 5.64. The minimum atomic E-state index is 0.680. The molecule has 0 amide bonds. The number of hydrogen-bond donors (Lipinski definition) is 1. The van der Waals surface area contributed by atoms with E-state index in [1.165, 1.54) is 6.39 Å². The van der Waals surface area contributed by atoms with Crippen molar-refractivity contribution in [3.8, 4) is 5.75 Å². The molecule has 5 heteroatoms. The van der Waals surface area contributed by atoms with Gasteiger partial charge in [0, 0.05) is 19.3 Å². The Morgan fingerprint density at radius 1 is 1.28 bits per heavy atom. The lowest BCUT2D eigenvalue weighted by atomic mass is 10.1. The molecular formula is C13H17N3O2. The van der Waals surface area contributed by atoms with Crippen LogP contribution in [-0.4, -0.2) is 17.1 Å². The van der Waals surface area contributed by atoms with Crippen LogP contribution in [0.3, 0.4) is 0 Å². The van der Waals surface area contributed by atoms with Gasteiger partial charge < -0.3 is 14.5 Å². The molecule has 5 nitrogen and oxygen atoms in total. The Balaban J connectivity index is 1.96. The quantitative estimate of drug-likeness (QED) is 0.875. The lowest BCUT2D eigenvalue weighted by Gasteiger charge is -2.10. The third-order valence-electron chi connectivity index (χ3n) is 2.95. The molecule has 0 unspecified atom stereocenters. The Hall–Kier alpha value is -1.88. The Labute approximate surface area is 106 Å². The summed E-state index contributed by atoms with van der Waals surface area (Å²) in [6.45, 7) is 5.34. The zero-order chi connectivity index (χ0) is 13.0. The number of methoxy groups -OCH3 is 1. The van der Waals surface area contributed by atoms with Gasteiger partial charge in [-0.05, 0) is 25.0 Å². The van der Waals surface area contributed by atoms with Crippen molar-refractivity contribution >= 4 is 0 Å². The molecule has 1 N–H and O–H groups in total. The molecule has 2 heterocycles. The molecule has 0 saturated carbocycles. The van der Waals surface area contributed by atoms with Gasteiger partial charge in [0.1, 0.15) is 11.5 Å². The van der Waals surface area contributed by atoms with Crippen molar-refractivity contribution in [2.45, 2.75) is 26.9 Å². The summed E-state index contributed by atoms with van der Waals surface area (Å²) in [5.74, 6) is 1.66. The van der Waals surface area contributed by atoms with E-state index in [1.807, 2.05) is 20.0 Å². The first-order valence-corrected chi connectivity index (χ1v) is 5.79. The van der Waals surface area contributed by atoms with Crippen LogP contribution in [0.25, 0.3) is 0 Å². The second-order valence-corrected chi connectivity index (χ2v) is 4.08. The average molecular weight is 247 g/mol. The highest BCUT2D eigenvalue weighted by Gasteiger charge is 2.06. The number of pyridine rings is 1. The summed E-state index contributed by atoms with van der Waals surface area (Å²) < 4.78 is 10.4. The van der Waals surface area contributed by atoms with Crippen molar-refractivity contribution < 1.29 is 9.15 Å². The van der Waals surface area contributed by atoms with Gasteiger partial charge in [0.2, 0.25) is 0 Å². The van der Waals surface area contributed by atoms with Gasteiger partial charge in [-0.3, -0.25) is 4.98 Å². The van der Waals surface area contributed by atoms with Gasteiger partial charge in [-0.25, -0.2) is 4.98 Å². The van der Waals surface area contributed by atoms with Crippen molar-refractivity contribution in [1.29, 1.82) is 0 Å². The van der Waals surface area contributed by atoms with E-state index in [0.29, 0.717) is 6.54 Å². The maximum Gasteiger partial charge on any atom is 0.181 e. The topological polar surface area (TPSA) is 60.2 Å². The van der Waals surface area contributed by atoms with Crippen molar-refractivity contribution in [2.24, 2.45) is 0 Å². The van der Waals surface area contributed by atoms with Gasteiger partial charge >= 0.3 is 0 Å². The molecule has 2 rings (SSSR count). The van der Waals surface area contributed by atoms with Gasteiger partial charge in [0.15, 0.2) is 6.39 Å². The van der Waals surface area contributed by atoms with E-state index in [9.17, 15) is 0 Å². The van der Waals surface area contributed by atoms with Gasteiger partial charge in [-0.15, -0.1) is 0 Å². The summed E-state index contributed by atoms with van der Waals surface area (Å²) in [5, 5.41) is 3.32. The molecule has 0 aliphatic rings. The molecule has 0 spiro atoms. The normalized spacial score (nSPS) is 10.6. The Kier molecular flexibility index (Phi) is 3.94. The summed E-state index contributed by atoms with van der Waals surface area (Å²) in [4.78, 5) is 8.28. The summed E-state index contributed by atoms with van der Waals surface area (Å²) >= 11 is 0. The molecule has 0 aliphatic carbocycles. The van der Waals surface area contributed by atoms with Crippen LogP contribution in [0.4, 0.5) is 0 Å². The lowest BCUT2D eigenvalue weighted by molar-refractivity contribution is 0.408. The molecular weight excluding hydrogens is 230 g/mol. The minimum absolute atomic E-state index is 0.680. The Bertz CT molecular complexity index is 523. The zero-order valence-corrected chi connectivity index (χ0v) is 10.9. The molecule has 0 atom stereocenters. The van der Waals surface area contributed by atoms with Crippen LogP contribution in [-0.2, 0) is 13.1 Å². The molecule has 0 aromatic carbocycles. The van der Waals surface area contributed by atoms with Crippen LogP contribution >= 0.6 is 0 Å². The first kappa shape index (κ1) is 12.6. The number of nitrogens with one attached hydrogen (secondary N) is 1. The van der Waals surface area contributed by atoms with Crippen molar-refractivity contribution in [3.63, 3.8) is 0 Å². The monoisotopic (exact) mass is 247 g/mol. The summed E-state index contributed by atoms with van der Waals surface area (Å²) in [5.41, 5.74) is 3.16. The van der Waals surface area contributed by atoms with E-state index < -0.39 is 0 Å². The van der Waals surface area contributed by atoms with E-state index >= 15 is 0 Å². The highest BCUT2D eigenvalue weighted by molar-refractivity contribution is 5.35. The highest BCUT2D eigenvalue weighted by Crippen LogP contribution is 2.19. The van der Waals surface area contributed by atoms with Crippen LogP contribution in [0.2, 0.25) is 0 Å². The molecule has 96 valence electrons. The summed E-state index contributed by atoms with van der Waals surface area (Å²) in [6, 6.07) is 0. The maximum absolute atomic E-state index is 5.24. The predicted molar refractivity (Wildman–Crippen MR) is 67.3 cm³/mol. The number of rotatable bonds is 5. The molecule has 18 heavy (non-hydrogen) atoms. The molecule has 0 saturated heterocycles. The van der Waals surface area contributed by atoms with E-state index in [4.69, 9.17) is 9.15 Å². The van der Waals surface area contributed by atoms with Crippen molar-refractivity contribution in [1.82, 2.24) is 15.3 Å². The standard InChI is InChI=1S/C13H17N3O2/c1-9-11(5-15-7-13(9)17-3)4-14-6-12-10(2)18-8-16-12/h5,7-8,14H,4,6H2,1-3H3. The molecule has 2 aromatic rings. The number of nitrogens with zero attached hydrogens (tertiary/aromatic N) is 2. The van der Waals surface area contributed by atoms with Crippen molar-refractivity contribution in [2.75, 3.05) is 7.11 Å². The van der Waals surface area contributed by atoms with E-state index in [1.54, 1.807) is 13.3 Å². The smallest absolute Gasteiger partial charge is 0.181 e. The van der Waals surface area contributed by atoms with Crippen LogP contribution in [0.1, 0.15) is 22.6 Å². The number of aromatic nitrogens is 2. The van der Waals surface area contributed by atoms with E-state index in [-0.39, 0.29) is 0 Å². The van der Waals surface area contributed by atoms with Crippen LogP contribution in [0.15, 0.2) is 23.2 Å². The second-order valence-electron chi connectivity index (χ2n) is 4.08. The van der Waals surface area contributed by atoms with Gasteiger partial charge in [-0.2, -0.15) is 0 Å². The number of hydrogen-bond acceptors (Lipinski definition) is 5. The fourth-order valence-electron chi connectivity index (χ4n) is 1.74. The third-order valence-corrected chi connectivity index (χ3v) is 2.95. The van der Waals surface area contributed by atoms with Crippen LogP contribution in [0.5, 0.6) is 5.75 Å². The lowest BCUT2D eigenvalue weighted by Crippen LogP contribution is -2.14. The molecule has 0 radical (unpaired) electrons. The molecule has 0 fully saturated rings. The molecule has 2 aromatic heterocycles. The van der Waals surface area contributed by atoms with Gasteiger partial charge in [-0.1, -0.05) is 0 Å². The van der Waals surface area contributed by atoms with E-state index in [0.717, 1.165) is 34.9 Å². The van der Waals surface area contributed by atoms with Crippen LogP contribution in [0, 0.1) is 13.8 Å². The molecule has 0 aliphatic heterocycles. The Morgan fingerprint density at radius 2 is 2.11 bits per heavy atom. The van der Waals surface area contributed by atoms with Gasteiger partial charge in [0.25, 0.3) is 0 Å². The fraction of sp³-hybridized carbons (Fsp3) is 0.385. The highest BCUT2D eigenvalue weighted by atomic mass is 16.5. The first-order valence-electron chi connectivity index (χ1n) is 5.79. The summed E-state index contributed by atoms with van der Waals surface area (Å²) in [7, 11) is 1.65. The van der Waals surface area contributed by atoms with Gasteiger partial charge in [0.05, 0.1) is 19.0 Å². The average Bonchev–Trinajstić information content (AvgIpc) is 2.77. The largest absolute Gasteiger partial charge is 0.495 e.